The fourth-order valence-electron chi connectivity index (χ4n) is 3.26. The number of anilines is 2. The molecule has 31 heavy (non-hydrogen) atoms. The van der Waals surface area contributed by atoms with Crippen LogP contribution in [0.2, 0.25) is 0 Å². The standard InChI is InChI=1S/C21H24F2IN3O4/c22-13-9-18(26-17-2-1-14(24)11-16(17)23)20(21(25)29)19(10-13)31-6-3-15(28)12-27-4-7-30-8-5-27/h1-2,9-11,15,26,28H,3-8,12H2,(H2,25,29)/t15-/m1/s1. The van der Waals surface area contributed by atoms with Gasteiger partial charge in [0, 0.05) is 35.7 Å². The number of halogens is 3. The minimum Gasteiger partial charge on any atom is -0.492 e. The summed E-state index contributed by atoms with van der Waals surface area (Å²) in [5.74, 6) is -2.15. The maximum atomic E-state index is 14.2. The molecule has 0 spiro atoms. The predicted molar refractivity (Wildman–Crippen MR) is 121 cm³/mol. The van der Waals surface area contributed by atoms with Crippen LogP contribution in [0.5, 0.6) is 5.75 Å². The van der Waals surface area contributed by atoms with Crippen molar-refractivity contribution < 1.29 is 28.2 Å². The number of hydrogen-bond acceptors (Lipinski definition) is 6. The van der Waals surface area contributed by atoms with Crippen LogP contribution in [0.1, 0.15) is 16.8 Å². The van der Waals surface area contributed by atoms with Crippen molar-refractivity contribution >= 4 is 39.9 Å². The van der Waals surface area contributed by atoms with Crippen molar-refractivity contribution in [3.05, 3.63) is 51.1 Å². The number of nitrogens with two attached hydrogens (primary N) is 1. The number of morpholine rings is 1. The van der Waals surface area contributed by atoms with Crippen molar-refractivity contribution in [3.63, 3.8) is 0 Å². The highest BCUT2D eigenvalue weighted by Crippen LogP contribution is 2.31. The SMILES string of the molecule is NC(=O)c1c(Nc2ccc(I)cc2F)cc(F)cc1OCC[C@@H](O)CN1CCOCC1. The molecule has 0 bridgehead atoms. The first-order chi connectivity index (χ1) is 14.8. The maximum absolute atomic E-state index is 14.2. The molecule has 0 aromatic heterocycles. The fraction of sp³-hybridized carbons (Fsp3) is 0.381. The molecule has 7 nitrogen and oxygen atoms in total. The van der Waals surface area contributed by atoms with Crippen LogP contribution in [0.25, 0.3) is 0 Å². The first-order valence-corrected chi connectivity index (χ1v) is 10.9. The number of carbonyl (C=O) groups excluding carboxylic acids is 1. The van der Waals surface area contributed by atoms with Crippen LogP contribution >= 0.6 is 22.6 Å². The number of nitrogens with zero attached hydrogens (tertiary/aromatic N) is 1. The highest BCUT2D eigenvalue weighted by atomic mass is 127. The summed E-state index contributed by atoms with van der Waals surface area (Å²) in [6, 6.07) is 6.55. The number of β-amino-alcohol motifs (C(OH)–C–C–N with tert-alkyl or cyclic N) is 1. The highest BCUT2D eigenvalue weighted by Gasteiger charge is 2.20. The van der Waals surface area contributed by atoms with Crippen LogP contribution in [0.3, 0.4) is 0 Å². The van der Waals surface area contributed by atoms with E-state index < -0.39 is 23.6 Å². The van der Waals surface area contributed by atoms with E-state index in [1.54, 1.807) is 6.07 Å². The monoisotopic (exact) mass is 547 g/mol. The van der Waals surface area contributed by atoms with Crippen molar-refractivity contribution in [2.75, 3.05) is 44.8 Å². The van der Waals surface area contributed by atoms with Gasteiger partial charge < -0.3 is 25.6 Å². The number of amides is 1. The lowest BCUT2D eigenvalue weighted by molar-refractivity contribution is 0.0108. The average Bonchev–Trinajstić information content (AvgIpc) is 2.70. The third kappa shape index (κ3) is 6.73. The molecule has 3 rings (SSSR count). The number of primary amides is 1. The topological polar surface area (TPSA) is 97.1 Å². The van der Waals surface area contributed by atoms with Gasteiger partial charge in [0.25, 0.3) is 5.91 Å². The van der Waals surface area contributed by atoms with Crippen LogP contribution in [-0.4, -0.2) is 61.5 Å². The van der Waals surface area contributed by atoms with E-state index in [-0.39, 0.29) is 35.7 Å². The summed E-state index contributed by atoms with van der Waals surface area (Å²) < 4.78 is 40.0. The lowest BCUT2D eigenvalue weighted by atomic mass is 10.1. The number of rotatable bonds is 9. The van der Waals surface area contributed by atoms with E-state index in [0.717, 1.165) is 25.2 Å². The molecule has 4 N–H and O–H groups in total. The molecule has 1 saturated heterocycles. The van der Waals surface area contributed by atoms with Crippen LogP contribution in [0.4, 0.5) is 20.2 Å². The zero-order valence-electron chi connectivity index (χ0n) is 16.7. The van der Waals surface area contributed by atoms with E-state index in [2.05, 4.69) is 10.2 Å². The van der Waals surface area contributed by atoms with E-state index >= 15 is 0 Å². The van der Waals surface area contributed by atoms with Gasteiger partial charge in [-0.1, -0.05) is 0 Å². The van der Waals surface area contributed by atoms with Gasteiger partial charge in [0.1, 0.15) is 22.9 Å². The molecule has 1 fully saturated rings. The number of ether oxygens (including phenoxy) is 2. The fourth-order valence-corrected chi connectivity index (χ4v) is 3.72. The van der Waals surface area contributed by atoms with Crippen molar-refractivity contribution in [1.29, 1.82) is 0 Å². The number of aliphatic hydroxyl groups excluding tert-OH is 1. The van der Waals surface area contributed by atoms with E-state index in [1.807, 2.05) is 22.6 Å². The molecule has 2 aromatic carbocycles. The van der Waals surface area contributed by atoms with Crippen LogP contribution < -0.4 is 15.8 Å². The Labute approximate surface area is 192 Å². The largest absolute Gasteiger partial charge is 0.492 e. The van der Waals surface area contributed by atoms with E-state index in [9.17, 15) is 18.7 Å². The number of aliphatic hydroxyl groups is 1. The second-order valence-corrected chi connectivity index (χ2v) is 8.39. The molecule has 168 valence electrons. The van der Waals surface area contributed by atoms with Crippen molar-refractivity contribution in [2.45, 2.75) is 12.5 Å². The van der Waals surface area contributed by atoms with Gasteiger partial charge in [-0.3, -0.25) is 9.69 Å². The molecule has 1 heterocycles. The number of benzene rings is 2. The molecule has 1 aliphatic rings. The molecule has 10 heteroatoms. The summed E-state index contributed by atoms with van der Waals surface area (Å²) in [5.41, 5.74) is 5.46. The number of nitrogens with one attached hydrogen (secondary N) is 1. The van der Waals surface area contributed by atoms with E-state index in [0.29, 0.717) is 23.3 Å². The Morgan fingerprint density at radius 2 is 2.00 bits per heavy atom. The molecule has 0 aliphatic carbocycles. The second kappa shape index (κ2) is 11.0. The Hall–Kier alpha value is -2.02. The smallest absolute Gasteiger partial charge is 0.254 e. The second-order valence-electron chi connectivity index (χ2n) is 7.14. The minimum absolute atomic E-state index is 0.00327. The van der Waals surface area contributed by atoms with Crippen LogP contribution in [0, 0.1) is 15.2 Å². The molecule has 2 aromatic rings. The zero-order valence-corrected chi connectivity index (χ0v) is 18.9. The number of carbonyl (C=O) groups is 1. The normalized spacial score (nSPS) is 15.5. The zero-order chi connectivity index (χ0) is 22.4. The molecule has 0 saturated carbocycles. The highest BCUT2D eigenvalue weighted by molar-refractivity contribution is 14.1. The Kier molecular flexibility index (Phi) is 8.41. The molecular weight excluding hydrogens is 523 g/mol. The van der Waals surface area contributed by atoms with Gasteiger partial charge in [0.2, 0.25) is 0 Å². The minimum atomic E-state index is -0.850. The Morgan fingerprint density at radius 3 is 2.68 bits per heavy atom. The third-order valence-corrected chi connectivity index (χ3v) is 5.47. The average molecular weight is 547 g/mol. The predicted octanol–water partition coefficient (Wildman–Crippen LogP) is 2.87. The van der Waals surface area contributed by atoms with E-state index in [1.165, 1.54) is 12.1 Å². The Balaban J connectivity index is 1.70. The summed E-state index contributed by atoms with van der Waals surface area (Å²) >= 11 is 1.97. The van der Waals surface area contributed by atoms with Gasteiger partial charge >= 0.3 is 0 Å². The van der Waals surface area contributed by atoms with E-state index in [4.69, 9.17) is 15.2 Å². The summed E-state index contributed by atoms with van der Waals surface area (Å²) in [5, 5.41) is 12.9. The quantitative estimate of drug-likeness (QED) is 0.418. The van der Waals surface area contributed by atoms with Gasteiger partial charge in [-0.05, 0) is 46.9 Å². The van der Waals surface area contributed by atoms with Crippen LogP contribution in [0.15, 0.2) is 30.3 Å². The van der Waals surface area contributed by atoms with Gasteiger partial charge in [-0.2, -0.15) is 0 Å². The number of hydrogen-bond donors (Lipinski definition) is 3. The Bertz CT molecular complexity index is 926. The molecule has 0 radical (unpaired) electrons. The Morgan fingerprint density at radius 1 is 1.26 bits per heavy atom. The van der Waals surface area contributed by atoms with Crippen molar-refractivity contribution in [3.8, 4) is 5.75 Å². The van der Waals surface area contributed by atoms with Gasteiger partial charge in [0.05, 0.1) is 37.3 Å². The summed E-state index contributed by atoms with van der Waals surface area (Å²) in [4.78, 5) is 14.1. The van der Waals surface area contributed by atoms with Crippen molar-refractivity contribution in [1.82, 2.24) is 4.90 Å². The first kappa shape index (κ1) is 23.6. The molecular formula is C21H24F2IN3O4. The first-order valence-electron chi connectivity index (χ1n) is 9.80. The summed E-state index contributed by atoms with van der Waals surface area (Å²) in [6.07, 6.45) is -0.372. The van der Waals surface area contributed by atoms with Crippen molar-refractivity contribution in [2.24, 2.45) is 5.73 Å². The van der Waals surface area contributed by atoms with Gasteiger partial charge in [-0.25, -0.2) is 8.78 Å². The molecule has 1 aliphatic heterocycles. The van der Waals surface area contributed by atoms with Crippen LogP contribution in [-0.2, 0) is 4.74 Å². The van der Waals surface area contributed by atoms with Gasteiger partial charge in [0.15, 0.2) is 0 Å². The lowest BCUT2D eigenvalue weighted by Crippen LogP contribution is -2.41. The maximum Gasteiger partial charge on any atom is 0.254 e. The lowest BCUT2D eigenvalue weighted by Gasteiger charge is -2.28. The third-order valence-electron chi connectivity index (χ3n) is 4.80. The van der Waals surface area contributed by atoms with Gasteiger partial charge in [-0.15, -0.1) is 0 Å². The molecule has 1 atom stereocenters. The summed E-state index contributed by atoms with van der Waals surface area (Å²) in [6.45, 7) is 3.27. The molecule has 0 unspecified atom stereocenters. The summed E-state index contributed by atoms with van der Waals surface area (Å²) in [7, 11) is 0. The molecule has 1 amide bonds.